The lowest BCUT2D eigenvalue weighted by molar-refractivity contribution is 0.0231. The zero-order valence-electron chi connectivity index (χ0n) is 12.6. The van der Waals surface area contributed by atoms with Crippen LogP contribution in [0.4, 0.5) is 0 Å². The third kappa shape index (κ3) is 3.64. The minimum atomic E-state index is 0.180. The predicted molar refractivity (Wildman–Crippen MR) is 79.2 cm³/mol. The van der Waals surface area contributed by atoms with E-state index in [-0.39, 0.29) is 11.8 Å². The average molecular weight is 279 g/mol. The van der Waals surface area contributed by atoms with E-state index in [1.165, 1.54) is 0 Å². The van der Waals surface area contributed by atoms with Crippen molar-refractivity contribution < 1.29 is 14.6 Å². The first-order valence-electron chi connectivity index (χ1n) is 7.22. The third-order valence-electron chi connectivity index (χ3n) is 4.24. The monoisotopic (exact) mass is 279 g/mol. The van der Waals surface area contributed by atoms with Gasteiger partial charge in [-0.3, -0.25) is 0 Å². The molecule has 1 fully saturated rings. The summed E-state index contributed by atoms with van der Waals surface area (Å²) >= 11 is 0. The SMILES string of the molecule is COc1cc(C(C)NCC2(C)CCOCC2)ccc1O. The molecule has 1 heterocycles. The first kappa shape index (κ1) is 15.1. The van der Waals surface area contributed by atoms with E-state index < -0.39 is 0 Å². The van der Waals surface area contributed by atoms with Crippen LogP contribution in [0, 0.1) is 5.41 Å². The minimum Gasteiger partial charge on any atom is -0.504 e. The maximum absolute atomic E-state index is 9.63. The second-order valence-electron chi connectivity index (χ2n) is 5.96. The fraction of sp³-hybridized carbons (Fsp3) is 0.625. The summed E-state index contributed by atoms with van der Waals surface area (Å²) in [6.45, 7) is 7.14. The highest BCUT2D eigenvalue weighted by Crippen LogP contribution is 2.31. The van der Waals surface area contributed by atoms with Gasteiger partial charge in [-0.05, 0) is 42.9 Å². The van der Waals surface area contributed by atoms with Crippen molar-refractivity contribution in [2.75, 3.05) is 26.9 Å². The van der Waals surface area contributed by atoms with Gasteiger partial charge in [0, 0.05) is 25.8 Å². The first-order chi connectivity index (χ1) is 9.54. The number of nitrogens with one attached hydrogen (secondary N) is 1. The molecule has 1 aromatic rings. The molecule has 1 unspecified atom stereocenters. The summed E-state index contributed by atoms with van der Waals surface area (Å²) in [5.74, 6) is 0.702. The molecule has 1 atom stereocenters. The number of phenols is 1. The Kier molecular flexibility index (Phi) is 4.89. The normalized spacial score (nSPS) is 19.6. The van der Waals surface area contributed by atoms with Crippen molar-refractivity contribution in [3.63, 3.8) is 0 Å². The summed E-state index contributed by atoms with van der Waals surface area (Å²) in [7, 11) is 1.57. The van der Waals surface area contributed by atoms with E-state index in [1.54, 1.807) is 13.2 Å². The van der Waals surface area contributed by atoms with E-state index in [0.29, 0.717) is 11.2 Å². The molecule has 0 aromatic heterocycles. The number of benzene rings is 1. The highest BCUT2D eigenvalue weighted by molar-refractivity contribution is 5.42. The van der Waals surface area contributed by atoms with Crippen LogP contribution in [0.15, 0.2) is 18.2 Å². The molecule has 1 aliphatic rings. The van der Waals surface area contributed by atoms with E-state index in [0.717, 1.165) is 38.2 Å². The number of aromatic hydroxyl groups is 1. The topological polar surface area (TPSA) is 50.7 Å². The highest BCUT2D eigenvalue weighted by atomic mass is 16.5. The molecule has 1 saturated heterocycles. The van der Waals surface area contributed by atoms with Crippen molar-refractivity contribution in [2.24, 2.45) is 5.41 Å². The molecule has 0 amide bonds. The quantitative estimate of drug-likeness (QED) is 0.870. The van der Waals surface area contributed by atoms with Gasteiger partial charge in [-0.15, -0.1) is 0 Å². The van der Waals surface area contributed by atoms with Gasteiger partial charge in [-0.1, -0.05) is 13.0 Å². The van der Waals surface area contributed by atoms with Gasteiger partial charge in [-0.25, -0.2) is 0 Å². The number of ether oxygens (including phenoxy) is 2. The Morgan fingerprint density at radius 3 is 2.75 bits per heavy atom. The van der Waals surface area contributed by atoms with Gasteiger partial charge in [0.05, 0.1) is 7.11 Å². The lowest BCUT2D eigenvalue weighted by atomic mass is 9.82. The van der Waals surface area contributed by atoms with E-state index in [1.807, 2.05) is 12.1 Å². The Labute approximate surface area is 121 Å². The number of methoxy groups -OCH3 is 1. The Bertz CT molecular complexity index is 441. The Hall–Kier alpha value is -1.26. The van der Waals surface area contributed by atoms with Gasteiger partial charge in [-0.2, -0.15) is 0 Å². The lowest BCUT2D eigenvalue weighted by Crippen LogP contribution is -2.37. The standard InChI is InChI=1S/C16H25NO3/c1-12(13-4-5-14(18)15(10-13)19-3)17-11-16(2)6-8-20-9-7-16/h4-5,10,12,17-18H,6-9,11H2,1-3H3. The van der Waals surface area contributed by atoms with Crippen LogP contribution in [-0.4, -0.2) is 32.0 Å². The smallest absolute Gasteiger partial charge is 0.160 e. The van der Waals surface area contributed by atoms with Crippen LogP contribution in [0.5, 0.6) is 11.5 Å². The molecule has 112 valence electrons. The van der Waals surface area contributed by atoms with Crippen LogP contribution in [0.25, 0.3) is 0 Å². The van der Waals surface area contributed by atoms with Gasteiger partial charge < -0.3 is 19.9 Å². The number of hydrogen-bond donors (Lipinski definition) is 2. The van der Waals surface area contributed by atoms with Crippen molar-refractivity contribution >= 4 is 0 Å². The van der Waals surface area contributed by atoms with Gasteiger partial charge in [0.2, 0.25) is 0 Å². The minimum absolute atomic E-state index is 0.180. The van der Waals surface area contributed by atoms with Gasteiger partial charge in [0.25, 0.3) is 0 Å². The molecule has 2 rings (SSSR count). The summed E-state index contributed by atoms with van der Waals surface area (Å²) in [5.41, 5.74) is 1.43. The second-order valence-corrected chi connectivity index (χ2v) is 5.96. The summed E-state index contributed by atoms with van der Waals surface area (Å²) in [5, 5.41) is 13.2. The van der Waals surface area contributed by atoms with E-state index in [2.05, 4.69) is 19.2 Å². The van der Waals surface area contributed by atoms with Crippen molar-refractivity contribution in [1.29, 1.82) is 0 Å². The Balaban J connectivity index is 1.95. The van der Waals surface area contributed by atoms with E-state index in [4.69, 9.17) is 9.47 Å². The molecule has 2 N–H and O–H groups in total. The highest BCUT2D eigenvalue weighted by Gasteiger charge is 2.27. The zero-order chi connectivity index (χ0) is 14.6. The molecule has 0 spiro atoms. The first-order valence-corrected chi connectivity index (χ1v) is 7.22. The average Bonchev–Trinajstić information content (AvgIpc) is 2.46. The van der Waals surface area contributed by atoms with Crippen molar-refractivity contribution in [3.8, 4) is 11.5 Å². The molecule has 1 aliphatic heterocycles. The van der Waals surface area contributed by atoms with E-state index in [9.17, 15) is 5.11 Å². The van der Waals surface area contributed by atoms with Crippen LogP contribution in [0.3, 0.4) is 0 Å². The van der Waals surface area contributed by atoms with Crippen LogP contribution in [0.1, 0.15) is 38.3 Å². The Morgan fingerprint density at radius 2 is 2.10 bits per heavy atom. The molecule has 0 bridgehead atoms. The zero-order valence-corrected chi connectivity index (χ0v) is 12.6. The largest absolute Gasteiger partial charge is 0.504 e. The number of rotatable bonds is 5. The molecule has 1 aromatic carbocycles. The van der Waals surface area contributed by atoms with Crippen LogP contribution >= 0.6 is 0 Å². The molecule has 4 heteroatoms. The maximum atomic E-state index is 9.63. The van der Waals surface area contributed by atoms with Gasteiger partial charge >= 0.3 is 0 Å². The molecular formula is C16H25NO3. The molecule has 4 nitrogen and oxygen atoms in total. The predicted octanol–water partition coefficient (Wildman–Crippen LogP) is 2.87. The van der Waals surface area contributed by atoms with Crippen molar-refractivity contribution in [1.82, 2.24) is 5.32 Å². The summed E-state index contributed by atoms with van der Waals surface area (Å²) in [4.78, 5) is 0. The third-order valence-corrected chi connectivity index (χ3v) is 4.24. The summed E-state index contributed by atoms with van der Waals surface area (Å²) in [6.07, 6.45) is 2.21. The van der Waals surface area contributed by atoms with Gasteiger partial charge in [0.15, 0.2) is 11.5 Å². The fourth-order valence-corrected chi connectivity index (χ4v) is 2.52. The summed E-state index contributed by atoms with van der Waals surface area (Å²) in [6, 6.07) is 5.73. The fourth-order valence-electron chi connectivity index (χ4n) is 2.52. The van der Waals surface area contributed by atoms with Crippen molar-refractivity contribution in [2.45, 2.75) is 32.7 Å². The van der Waals surface area contributed by atoms with E-state index >= 15 is 0 Å². The maximum Gasteiger partial charge on any atom is 0.160 e. The molecule has 0 aliphatic carbocycles. The van der Waals surface area contributed by atoms with Crippen molar-refractivity contribution in [3.05, 3.63) is 23.8 Å². The number of phenolic OH excluding ortho intramolecular Hbond substituents is 1. The van der Waals surface area contributed by atoms with Gasteiger partial charge in [0.1, 0.15) is 0 Å². The van der Waals surface area contributed by atoms with Crippen LogP contribution in [0.2, 0.25) is 0 Å². The Morgan fingerprint density at radius 1 is 1.40 bits per heavy atom. The van der Waals surface area contributed by atoms with Crippen LogP contribution in [-0.2, 0) is 4.74 Å². The lowest BCUT2D eigenvalue weighted by Gasteiger charge is -2.34. The molecule has 0 radical (unpaired) electrons. The molecular weight excluding hydrogens is 254 g/mol. The van der Waals surface area contributed by atoms with Crippen LogP contribution < -0.4 is 10.1 Å². The summed E-state index contributed by atoms with van der Waals surface area (Å²) < 4.78 is 10.6. The number of hydrogen-bond acceptors (Lipinski definition) is 4. The molecule has 20 heavy (non-hydrogen) atoms. The molecule has 0 saturated carbocycles. The second kappa shape index (κ2) is 6.46.